The van der Waals surface area contributed by atoms with Crippen LogP contribution in [0.2, 0.25) is 0 Å². The van der Waals surface area contributed by atoms with Crippen molar-refractivity contribution in [1.29, 1.82) is 0 Å². The molecule has 0 N–H and O–H groups in total. The quantitative estimate of drug-likeness (QED) is 0.283. The van der Waals surface area contributed by atoms with Crippen LogP contribution in [0.1, 0.15) is 122 Å². The van der Waals surface area contributed by atoms with Crippen LogP contribution in [0.3, 0.4) is 0 Å². The van der Waals surface area contributed by atoms with Crippen molar-refractivity contribution in [2.75, 3.05) is 0 Å². The van der Waals surface area contributed by atoms with Crippen LogP contribution in [0.4, 0.5) is 0 Å². The van der Waals surface area contributed by atoms with Gasteiger partial charge in [-0.15, -0.1) is 0 Å². The maximum atomic E-state index is 11.9. The molecule has 0 aromatic rings. The molecule has 1 nitrogen and oxygen atoms in total. The molecule has 1 heteroatoms. The monoisotopic (exact) mass is 334 g/mol. The molecule has 0 heterocycles. The summed E-state index contributed by atoms with van der Waals surface area (Å²) in [5.41, 5.74) is 0.0581. The Morgan fingerprint density at radius 1 is 0.875 bits per heavy atom. The van der Waals surface area contributed by atoms with E-state index in [-0.39, 0.29) is 5.41 Å². The van der Waals surface area contributed by atoms with Crippen molar-refractivity contribution >= 4 is 6.29 Å². The van der Waals surface area contributed by atoms with E-state index in [9.17, 15) is 4.79 Å². The summed E-state index contributed by atoms with van der Waals surface area (Å²) in [5.74, 6) is 1.76. The predicted molar refractivity (Wildman–Crippen MR) is 104 cm³/mol. The molecule has 2 aliphatic carbocycles. The number of aldehydes is 1. The minimum Gasteiger partial charge on any atom is -0.303 e. The van der Waals surface area contributed by atoms with E-state index in [1.807, 2.05) is 0 Å². The van der Waals surface area contributed by atoms with Gasteiger partial charge in [0.25, 0.3) is 0 Å². The van der Waals surface area contributed by atoms with Crippen molar-refractivity contribution in [3.05, 3.63) is 0 Å². The summed E-state index contributed by atoms with van der Waals surface area (Å²) in [7, 11) is 0. The Morgan fingerprint density at radius 2 is 1.50 bits per heavy atom. The van der Waals surface area contributed by atoms with Crippen molar-refractivity contribution < 1.29 is 4.79 Å². The normalized spacial score (nSPS) is 23.0. The third kappa shape index (κ3) is 6.52. The molecule has 0 aromatic heterocycles. The molecule has 0 amide bonds. The summed E-state index contributed by atoms with van der Waals surface area (Å²) in [6, 6.07) is 0. The van der Waals surface area contributed by atoms with Crippen molar-refractivity contribution in [3.8, 4) is 0 Å². The molecule has 2 aliphatic rings. The average molecular weight is 335 g/mol. The molecule has 2 saturated carbocycles. The number of hydrogen-bond acceptors (Lipinski definition) is 1. The molecule has 2 rings (SSSR count). The predicted octanol–water partition coefficient (Wildman–Crippen LogP) is 7.47. The number of carbonyl (C=O) groups is 1. The molecule has 0 spiro atoms. The highest BCUT2D eigenvalue weighted by atomic mass is 16.1. The molecule has 2 fully saturated rings. The molecule has 24 heavy (non-hydrogen) atoms. The van der Waals surface area contributed by atoms with Crippen molar-refractivity contribution in [1.82, 2.24) is 0 Å². The Balaban J connectivity index is 1.85. The summed E-state index contributed by atoms with van der Waals surface area (Å²) in [6.45, 7) is 2.29. The van der Waals surface area contributed by atoms with Gasteiger partial charge in [-0.2, -0.15) is 0 Å². The minimum atomic E-state index is 0.0581. The molecular formula is C23H42O. The zero-order chi connectivity index (χ0) is 17.1. The van der Waals surface area contributed by atoms with Gasteiger partial charge >= 0.3 is 0 Å². The zero-order valence-electron chi connectivity index (χ0n) is 16.4. The lowest BCUT2D eigenvalue weighted by molar-refractivity contribution is -0.119. The van der Waals surface area contributed by atoms with E-state index in [0.717, 1.165) is 11.8 Å². The molecule has 0 aliphatic heterocycles. The van der Waals surface area contributed by atoms with Gasteiger partial charge < -0.3 is 4.79 Å². The van der Waals surface area contributed by atoms with Gasteiger partial charge in [0.05, 0.1) is 0 Å². The molecule has 0 radical (unpaired) electrons. The van der Waals surface area contributed by atoms with Crippen LogP contribution in [-0.2, 0) is 4.79 Å². The number of hydrogen-bond donors (Lipinski definition) is 0. The molecule has 0 aromatic carbocycles. The Hall–Kier alpha value is -0.330. The van der Waals surface area contributed by atoms with Gasteiger partial charge in [-0.3, -0.25) is 0 Å². The van der Waals surface area contributed by atoms with E-state index in [2.05, 4.69) is 6.92 Å². The lowest BCUT2D eigenvalue weighted by Crippen LogP contribution is -2.32. The molecule has 1 unspecified atom stereocenters. The Bertz CT molecular complexity index is 323. The summed E-state index contributed by atoms with van der Waals surface area (Å²) < 4.78 is 0. The lowest BCUT2D eigenvalue weighted by Gasteiger charge is -2.39. The number of unbranched alkanes of at least 4 members (excludes halogenated alkanes) is 5. The van der Waals surface area contributed by atoms with Crippen molar-refractivity contribution in [3.63, 3.8) is 0 Å². The second-order valence-corrected chi connectivity index (χ2v) is 8.96. The fraction of sp³-hybridized carbons (Fsp3) is 0.957. The molecule has 1 atom stereocenters. The summed E-state index contributed by atoms with van der Waals surface area (Å²) >= 11 is 0. The van der Waals surface area contributed by atoms with Gasteiger partial charge in [0.15, 0.2) is 0 Å². The van der Waals surface area contributed by atoms with Crippen LogP contribution in [0, 0.1) is 17.3 Å². The summed E-state index contributed by atoms with van der Waals surface area (Å²) in [4.78, 5) is 11.9. The Morgan fingerprint density at radius 3 is 2.17 bits per heavy atom. The van der Waals surface area contributed by atoms with E-state index in [1.54, 1.807) is 0 Å². The van der Waals surface area contributed by atoms with Gasteiger partial charge in [-0.1, -0.05) is 103 Å². The van der Waals surface area contributed by atoms with Gasteiger partial charge in [0.2, 0.25) is 0 Å². The maximum Gasteiger partial charge on any atom is 0.126 e. The van der Waals surface area contributed by atoms with Gasteiger partial charge in [-0.25, -0.2) is 0 Å². The highest BCUT2D eigenvalue weighted by Crippen LogP contribution is 2.45. The molecule has 140 valence electrons. The van der Waals surface area contributed by atoms with Crippen LogP contribution >= 0.6 is 0 Å². The second kappa shape index (κ2) is 11.3. The number of carbonyl (C=O) groups excluding carboxylic acids is 1. The summed E-state index contributed by atoms with van der Waals surface area (Å²) in [5, 5.41) is 0. The van der Waals surface area contributed by atoms with E-state index in [1.165, 1.54) is 122 Å². The van der Waals surface area contributed by atoms with Crippen molar-refractivity contribution in [2.45, 2.75) is 122 Å². The van der Waals surface area contributed by atoms with Crippen LogP contribution < -0.4 is 0 Å². The summed E-state index contributed by atoms with van der Waals surface area (Å²) in [6.07, 6.45) is 25.9. The van der Waals surface area contributed by atoms with Crippen LogP contribution in [-0.4, -0.2) is 6.29 Å². The van der Waals surface area contributed by atoms with Crippen LogP contribution in [0.15, 0.2) is 0 Å². The largest absolute Gasteiger partial charge is 0.303 e. The van der Waals surface area contributed by atoms with E-state index in [4.69, 9.17) is 0 Å². The topological polar surface area (TPSA) is 17.1 Å². The first-order valence-electron chi connectivity index (χ1n) is 11.3. The first-order chi connectivity index (χ1) is 11.8. The lowest BCUT2D eigenvalue weighted by atomic mass is 9.65. The van der Waals surface area contributed by atoms with Crippen LogP contribution in [0.25, 0.3) is 0 Å². The molecular weight excluding hydrogens is 292 g/mol. The van der Waals surface area contributed by atoms with E-state index >= 15 is 0 Å². The van der Waals surface area contributed by atoms with Gasteiger partial charge in [0, 0.05) is 5.41 Å². The fourth-order valence-corrected chi connectivity index (χ4v) is 5.45. The van der Waals surface area contributed by atoms with E-state index in [0.29, 0.717) is 0 Å². The highest BCUT2D eigenvalue weighted by Gasteiger charge is 2.36. The first kappa shape index (κ1) is 20.0. The van der Waals surface area contributed by atoms with E-state index < -0.39 is 0 Å². The number of rotatable bonds is 11. The minimum absolute atomic E-state index is 0.0581. The average Bonchev–Trinajstić information content (AvgIpc) is 2.65. The maximum absolute atomic E-state index is 11.9. The SMILES string of the molecule is CCCCCCCCC(CC1(C=O)CCCCC1)C1CCCCC1. The van der Waals surface area contributed by atoms with Crippen LogP contribution in [0.5, 0.6) is 0 Å². The Kier molecular flexibility index (Phi) is 9.43. The zero-order valence-corrected chi connectivity index (χ0v) is 16.4. The highest BCUT2D eigenvalue weighted by molar-refractivity contribution is 5.59. The second-order valence-electron chi connectivity index (χ2n) is 8.96. The third-order valence-corrected chi connectivity index (χ3v) is 7.01. The Labute approximate surface area is 151 Å². The van der Waals surface area contributed by atoms with Gasteiger partial charge in [-0.05, 0) is 31.1 Å². The van der Waals surface area contributed by atoms with Crippen molar-refractivity contribution in [2.24, 2.45) is 17.3 Å². The standard InChI is InChI=1S/C23H42O/c1-2-3-4-5-6-9-16-22(21-14-10-7-11-15-21)19-23(20-24)17-12-8-13-18-23/h20-22H,2-19H2,1H3. The smallest absolute Gasteiger partial charge is 0.126 e. The fourth-order valence-electron chi connectivity index (χ4n) is 5.45. The first-order valence-corrected chi connectivity index (χ1v) is 11.3. The third-order valence-electron chi connectivity index (χ3n) is 7.01. The van der Waals surface area contributed by atoms with Gasteiger partial charge in [0.1, 0.15) is 6.29 Å². The molecule has 0 saturated heterocycles. The molecule has 0 bridgehead atoms.